The van der Waals surface area contributed by atoms with Crippen LogP contribution < -0.4 is 14.4 Å². The van der Waals surface area contributed by atoms with E-state index in [0.717, 1.165) is 15.1 Å². The van der Waals surface area contributed by atoms with Gasteiger partial charge in [0.25, 0.3) is 5.91 Å². The fraction of sp³-hybridized carbons (Fsp3) is 0.182. The molecule has 0 saturated carbocycles. The number of para-hydroxylation sites is 1. The van der Waals surface area contributed by atoms with Crippen LogP contribution in [0.3, 0.4) is 0 Å². The minimum Gasteiger partial charge on any atom is -0.497 e. The number of anilines is 1. The summed E-state index contributed by atoms with van der Waals surface area (Å²) in [5, 5.41) is 0.606. The second kappa shape index (κ2) is 8.81. The van der Waals surface area contributed by atoms with E-state index >= 15 is 0 Å². The molecule has 4 aromatic rings. The van der Waals surface area contributed by atoms with Crippen LogP contribution in [0.2, 0.25) is 0 Å². The molecule has 0 unspecified atom stereocenters. The highest BCUT2D eigenvalue weighted by atomic mass is 32.2. The number of hydrogen-bond acceptors (Lipinski definition) is 7. The number of furan rings is 1. The number of carbonyl (C=O) groups is 1. The highest BCUT2D eigenvalue weighted by Gasteiger charge is 2.24. The van der Waals surface area contributed by atoms with Crippen molar-refractivity contribution in [3.05, 3.63) is 66.1 Å². The topological polar surface area (TPSA) is 64.8 Å². The predicted octanol–water partition coefficient (Wildman–Crippen LogP) is 5.48. The Hall–Kier alpha value is -2.97. The van der Waals surface area contributed by atoms with Crippen molar-refractivity contribution in [2.75, 3.05) is 25.4 Å². The molecule has 30 heavy (non-hydrogen) atoms. The molecule has 2 aromatic carbocycles. The highest BCUT2D eigenvalue weighted by Crippen LogP contribution is 2.35. The van der Waals surface area contributed by atoms with E-state index in [1.165, 1.54) is 11.3 Å². The number of nitrogens with zero attached hydrogens (tertiary/aromatic N) is 2. The molecule has 0 spiro atoms. The van der Waals surface area contributed by atoms with Crippen LogP contribution in [-0.2, 0) is 6.54 Å². The minimum absolute atomic E-state index is 0.214. The Balaban J connectivity index is 1.80. The van der Waals surface area contributed by atoms with E-state index in [2.05, 4.69) is 0 Å². The lowest BCUT2D eigenvalue weighted by Gasteiger charge is -2.19. The molecular formula is C22H20N2O4S2. The molecular weight excluding hydrogens is 420 g/mol. The summed E-state index contributed by atoms with van der Waals surface area (Å²) >= 11 is 3.11. The maximum atomic E-state index is 13.6. The molecule has 154 valence electrons. The van der Waals surface area contributed by atoms with Crippen LogP contribution in [0.5, 0.6) is 11.5 Å². The molecule has 0 radical (unpaired) electrons. The van der Waals surface area contributed by atoms with Crippen LogP contribution >= 0.6 is 23.1 Å². The van der Waals surface area contributed by atoms with Gasteiger partial charge in [-0.1, -0.05) is 17.4 Å². The third-order valence-corrected chi connectivity index (χ3v) is 6.37. The van der Waals surface area contributed by atoms with Gasteiger partial charge in [0.15, 0.2) is 5.13 Å². The van der Waals surface area contributed by atoms with E-state index < -0.39 is 0 Å². The van der Waals surface area contributed by atoms with Gasteiger partial charge in [-0.2, -0.15) is 0 Å². The van der Waals surface area contributed by atoms with Crippen LogP contribution in [0.15, 0.2) is 64.1 Å². The first-order chi connectivity index (χ1) is 14.6. The number of carbonyl (C=O) groups excluding carboxylic acids is 1. The van der Waals surface area contributed by atoms with Gasteiger partial charge in [0.2, 0.25) is 0 Å². The second-order valence-corrected chi connectivity index (χ2v) is 8.23. The molecule has 0 bridgehead atoms. The van der Waals surface area contributed by atoms with Crippen molar-refractivity contribution in [1.29, 1.82) is 0 Å². The van der Waals surface area contributed by atoms with E-state index in [4.69, 9.17) is 18.9 Å². The first-order valence-corrected chi connectivity index (χ1v) is 11.2. The molecule has 0 aliphatic heterocycles. The first-order valence-electron chi connectivity index (χ1n) is 9.13. The van der Waals surface area contributed by atoms with E-state index in [0.29, 0.717) is 28.0 Å². The first kappa shape index (κ1) is 20.3. The Bertz CT molecular complexity index is 1150. The zero-order valence-corrected chi connectivity index (χ0v) is 18.4. The normalized spacial score (nSPS) is 10.9. The Morgan fingerprint density at radius 3 is 2.53 bits per heavy atom. The highest BCUT2D eigenvalue weighted by molar-refractivity contribution is 7.98. The summed E-state index contributed by atoms with van der Waals surface area (Å²) in [4.78, 5) is 21.1. The molecule has 0 saturated heterocycles. The van der Waals surface area contributed by atoms with Crippen molar-refractivity contribution in [2.24, 2.45) is 0 Å². The van der Waals surface area contributed by atoms with Crippen molar-refractivity contribution in [2.45, 2.75) is 11.4 Å². The molecule has 4 rings (SSSR count). The van der Waals surface area contributed by atoms with Gasteiger partial charge < -0.3 is 13.9 Å². The molecule has 0 aliphatic carbocycles. The maximum Gasteiger partial charge on any atom is 0.260 e. The van der Waals surface area contributed by atoms with E-state index in [1.807, 2.05) is 30.5 Å². The van der Waals surface area contributed by atoms with Crippen molar-refractivity contribution in [3.8, 4) is 11.5 Å². The Kier molecular flexibility index (Phi) is 5.96. The monoisotopic (exact) mass is 440 g/mol. The number of thiazole rings is 1. The standard InChI is InChI=1S/C22H20N2O4S2/c1-26-16-10-14(11-17(12-16)27-2)21(25)24(13-15-6-5-9-28-15)22-23-20-18(29-3)7-4-8-19(20)30-22/h4-12H,13H2,1-3H3. The molecule has 8 heteroatoms. The molecule has 1 amide bonds. The van der Waals surface area contributed by atoms with Crippen LogP contribution in [0.4, 0.5) is 5.13 Å². The van der Waals surface area contributed by atoms with Gasteiger partial charge in [-0.05, 0) is 42.7 Å². The number of benzene rings is 2. The molecule has 2 heterocycles. The summed E-state index contributed by atoms with van der Waals surface area (Å²) in [7, 11) is 3.11. The lowest BCUT2D eigenvalue weighted by Crippen LogP contribution is -2.30. The predicted molar refractivity (Wildman–Crippen MR) is 120 cm³/mol. The number of ether oxygens (including phenoxy) is 2. The SMILES string of the molecule is COc1cc(OC)cc(C(=O)N(Cc2ccco2)c2nc3c(SC)cccc3s2)c1. The summed E-state index contributed by atoms with van der Waals surface area (Å²) in [6, 6.07) is 14.8. The lowest BCUT2D eigenvalue weighted by atomic mass is 10.1. The second-order valence-electron chi connectivity index (χ2n) is 6.38. The average Bonchev–Trinajstić information content (AvgIpc) is 3.45. The third-order valence-electron chi connectivity index (χ3n) is 4.56. The largest absolute Gasteiger partial charge is 0.497 e. The lowest BCUT2D eigenvalue weighted by molar-refractivity contribution is 0.0982. The van der Waals surface area contributed by atoms with Gasteiger partial charge in [-0.15, -0.1) is 11.8 Å². The van der Waals surface area contributed by atoms with Gasteiger partial charge >= 0.3 is 0 Å². The van der Waals surface area contributed by atoms with Gasteiger partial charge in [-0.25, -0.2) is 4.98 Å². The summed E-state index contributed by atoms with van der Waals surface area (Å²) in [6.07, 6.45) is 3.61. The summed E-state index contributed by atoms with van der Waals surface area (Å²) < 4.78 is 17.2. The van der Waals surface area contributed by atoms with Crippen LogP contribution in [0, 0.1) is 0 Å². The minimum atomic E-state index is -0.214. The molecule has 0 aliphatic rings. The number of methoxy groups -OCH3 is 2. The number of thioether (sulfide) groups is 1. The van der Waals surface area contributed by atoms with Crippen molar-refractivity contribution in [3.63, 3.8) is 0 Å². The van der Waals surface area contributed by atoms with Crippen LogP contribution in [0.25, 0.3) is 10.2 Å². The van der Waals surface area contributed by atoms with E-state index in [-0.39, 0.29) is 12.5 Å². The molecule has 0 atom stereocenters. The Labute approximate surface area is 182 Å². The van der Waals surface area contributed by atoms with E-state index in [9.17, 15) is 4.79 Å². The average molecular weight is 441 g/mol. The van der Waals surface area contributed by atoms with Crippen molar-refractivity contribution >= 4 is 44.4 Å². The zero-order valence-electron chi connectivity index (χ0n) is 16.7. The van der Waals surface area contributed by atoms with Gasteiger partial charge in [0.1, 0.15) is 17.3 Å². The van der Waals surface area contributed by atoms with Crippen LogP contribution in [0.1, 0.15) is 16.1 Å². The summed E-state index contributed by atoms with van der Waals surface area (Å²) in [5.74, 6) is 1.55. The van der Waals surface area contributed by atoms with E-state index in [1.54, 1.807) is 61.4 Å². The summed E-state index contributed by atoms with van der Waals surface area (Å²) in [5.41, 5.74) is 1.34. The van der Waals surface area contributed by atoms with Gasteiger partial charge in [0.05, 0.1) is 37.2 Å². The molecule has 0 fully saturated rings. The molecule has 2 aromatic heterocycles. The van der Waals surface area contributed by atoms with Crippen molar-refractivity contribution in [1.82, 2.24) is 4.98 Å². The van der Waals surface area contributed by atoms with Gasteiger partial charge in [-0.3, -0.25) is 9.69 Å². The molecule has 0 N–H and O–H groups in total. The smallest absolute Gasteiger partial charge is 0.260 e. The van der Waals surface area contributed by atoms with Gasteiger partial charge in [0, 0.05) is 16.5 Å². The quantitative estimate of drug-likeness (QED) is 0.355. The number of aromatic nitrogens is 1. The Morgan fingerprint density at radius 1 is 1.13 bits per heavy atom. The molecule has 6 nitrogen and oxygen atoms in total. The zero-order chi connectivity index (χ0) is 21.1. The summed E-state index contributed by atoms with van der Waals surface area (Å²) in [6.45, 7) is 0.264. The number of hydrogen-bond donors (Lipinski definition) is 0. The third kappa shape index (κ3) is 4.01. The fourth-order valence-corrected chi connectivity index (χ4v) is 4.68. The maximum absolute atomic E-state index is 13.6. The fourth-order valence-electron chi connectivity index (χ4n) is 3.06. The van der Waals surface area contributed by atoms with Crippen LogP contribution in [-0.4, -0.2) is 31.4 Å². The Morgan fingerprint density at radius 2 is 1.90 bits per heavy atom. The number of rotatable bonds is 7. The number of fused-ring (bicyclic) bond motifs is 1. The number of amides is 1. The van der Waals surface area contributed by atoms with Crippen molar-refractivity contribution < 1.29 is 18.7 Å².